The summed E-state index contributed by atoms with van der Waals surface area (Å²) in [4.78, 5) is 4.77. The Hall–Kier alpha value is -1.14. The van der Waals surface area contributed by atoms with Gasteiger partial charge >= 0.3 is 0 Å². The van der Waals surface area contributed by atoms with Gasteiger partial charge in [-0.2, -0.15) is 0 Å². The molecule has 0 radical (unpaired) electrons. The van der Waals surface area contributed by atoms with E-state index in [1.54, 1.807) is 24.7 Å². The van der Waals surface area contributed by atoms with Gasteiger partial charge in [-0.3, -0.25) is 4.21 Å². The van der Waals surface area contributed by atoms with E-state index in [4.69, 9.17) is 5.73 Å². The summed E-state index contributed by atoms with van der Waals surface area (Å²) in [5.74, 6) is 0.626. The zero-order chi connectivity index (χ0) is 13.0. The zero-order valence-corrected chi connectivity index (χ0v) is 12.2. The number of nitrogen functional groups attached to an aromatic ring is 1. The van der Waals surface area contributed by atoms with Gasteiger partial charge < -0.3 is 10.3 Å². The Labute approximate surface area is 117 Å². The fourth-order valence-corrected chi connectivity index (χ4v) is 3.65. The summed E-state index contributed by atoms with van der Waals surface area (Å²) in [6.45, 7) is 0.832. The first-order valence-corrected chi connectivity index (χ1v) is 7.67. The summed E-state index contributed by atoms with van der Waals surface area (Å²) in [6, 6.07) is 5.36. The van der Waals surface area contributed by atoms with Crippen molar-refractivity contribution in [3.05, 3.63) is 41.4 Å². The quantitative estimate of drug-likeness (QED) is 0.858. The summed E-state index contributed by atoms with van der Waals surface area (Å²) < 4.78 is 14.9. The predicted octanol–water partition coefficient (Wildman–Crippen LogP) is 2.43. The van der Waals surface area contributed by atoms with Gasteiger partial charge in [0.1, 0.15) is 0 Å². The van der Waals surface area contributed by atoms with E-state index in [1.165, 1.54) is 0 Å². The lowest BCUT2D eigenvalue weighted by molar-refractivity contribution is 0.657. The molecule has 1 atom stereocenters. The molecule has 18 heavy (non-hydrogen) atoms. The number of nitrogens with two attached hydrogens (primary N) is 1. The molecule has 1 aromatic carbocycles. The smallest absolute Gasteiger partial charge is 0.0945 e. The molecule has 0 saturated heterocycles. The molecule has 1 aromatic heterocycles. The molecule has 1 heterocycles. The van der Waals surface area contributed by atoms with E-state index in [9.17, 15) is 4.21 Å². The van der Waals surface area contributed by atoms with Crippen LogP contribution in [-0.2, 0) is 17.3 Å². The predicted molar refractivity (Wildman–Crippen MR) is 76.7 cm³/mol. The Kier molecular flexibility index (Phi) is 4.54. The van der Waals surface area contributed by atoms with Crippen molar-refractivity contribution in [2.24, 2.45) is 0 Å². The Balaban J connectivity index is 1.91. The third-order valence-corrected chi connectivity index (χ3v) is 4.93. The highest BCUT2D eigenvalue weighted by Gasteiger charge is 2.08. The molecule has 0 aliphatic rings. The summed E-state index contributed by atoms with van der Waals surface area (Å²) in [6.07, 6.45) is 6.26. The van der Waals surface area contributed by atoms with Gasteiger partial charge in [0.25, 0.3) is 0 Å². The third kappa shape index (κ3) is 3.43. The molecule has 0 aliphatic carbocycles. The molecule has 1 unspecified atom stereocenters. The first-order chi connectivity index (χ1) is 8.66. The van der Waals surface area contributed by atoms with Crippen molar-refractivity contribution >= 4 is 32.4 Å². The number of hydrogen-bond acceptors (Lipinski definition) is 3. The van der Waals surface area contributed by atoms with Gasteiger partial charge in [0.05, 0.1) is 22.0 Å². The van der Waals surface area contributed by atoms with Crippen LogP contribution in [0.3, 0.4) is 0 Å². The minimum absolute atomic E-state index is 0.626. The second-order valence-corrected chi connectivity index (χ2v) is 6.29. The molecule has 6 heteroatoms. The number of nitrogens with zero attached hydrogens (tertiary/aromatic N) is 2. The number of benzene rings is 1. The van der Waals surface area contributed by atoms with E-state index in [1.807, 2.05) is 16.8 Å². The van der Waals surface area contributed by atoms with Crippen LogP contribution in [0, 0.1) is 0 Å². The molecule has 2 N–H and O–H groups in total. The number of imidazole rings is 1. The van der Waals surface area contributed by atoms with Crippen molar-refractivity contribution in [1.82, 2.24) is 9.55 Å². The van der Waals surface area contributed by atoms with Crippen molar-refractivity contribution in [3.8, 4) is 0 Å². The van der Waals surface area contributed by atoms with Gasteiger partial charge in [-0.15, -0.1) is 0 Å². The highest BCUT2D eigenvalue weighted by atomic mass is 79.9. The highest BCUT2D eigenvalue weighted by Crippen LogP contribution is 2.23. The fraction of sp³-hybridized carbons (Fsp3) is 0.250. The average Bonchev–Trinajstić information content (AvgIpc) is 2.81. The zero-order valence-electron chi connectivity index (χ0n) is 9.75. The number of rotatable bonds is 5. The number of anilines is 1. The van der Waals surface area contributed by atoms with Crippen LogP contribution in [0.4, 0.5) is 5.69 Å². The molecule has 0 spiro atoms. The van der Waals surface area contributed by atoms with Crippen LogP contribution < -0.4 is 5.73 Å². The molecule has 4 nitrogen and oxygen atoms in total. The lowest BCUT2D eigenvalue weighted by atomic mass is 10.3. The van der Waals surface area contributed by atoms with Gasteiger partial charge in [0.2, 0.25) is 0 Å². The summed E-state index contributed by atoms with van der Waals surface area (Å²) in [5.41, 5.74) is 6.32. The maximum absolute atomic E-state index is 12.1. The van der Waals surface area contributed by atoms with Crippen molar-refractivity contribution in [1.29, 1.82) is 0 Å². The van der Waals surface area contributed by atoms with Crippen molar-refractivity contribution < 1.29 is 4.21 Å². The second kappa shape index (κ2) is 6.15. The maximum atomic E-state index is 12.1. The number of halogens is 1. The van der Waals surface area contributed by atoms with Crippen LogP contribution in [-0.4, -0.2) is 19.5 Å². The topological polar surface area (TPSA) is 60.9 Å². The third-order valence-electron chi connectivity index (χ3n) is 2.51. The summed E-state index contributed by atoms with van der Waals surface area (Å²) in [7, 11) is -1.00. The second-order valence-electron chi connectivity index (χ2n) is 3.89. The van der Waals surface area contributed by atoms with Crippen molar-refractivity contribution in [2.75, 3.05) is 11.5 Å². The highest BCUT2D eigenvalue weighted by molar-refractivity contribution is 9.10. The Morgan fingerprint density at radius 3 is 2.94 bits per heavy atom. The van der Waals surface area contributed by atoms with Gasteiger partial charge in [-0.05, 0) is 40.5 Å². The monoisotopic (exact) mass is 327 g/mol. The molecule has 0 saturated carbocycles. The van der Waals surface area contributed by atoms with E-state index in [0.717, 1.165) is 22.3 Å². The van der Waals surface area contributed by atoms with Crippen molar-refractivity contribution in [2.45, 2.75) is 17.9 Å². The van der Waals surface area contributed by atoms with Crippen LogP contribution in [0.2, 0.25) is 0 Å². The molecule has 2 aromatic rings. The van der Waals surface area contributed by atoms with Gasteiger partial charge in [-0.25, -0.2) is 4.98 Å². The number of aryl methyl sites for hydroxylation is 1. The van der Waals surface area contributed by atoms with Crippen LogP contribution in [0.5, 0.6) is 0 Å². The molecular formula is C12H14BrN3OS. The molecule has 0 fully saturated rings. The largest absolute Gasteiger partial charge is 0.399 e. The van der Waals surface area contributed by atoms with Crippen molar-refractivity contribution in [3.63, 3.8) is 0 Å². The summed E-state index contributed by atoms with van der Waals surface area (Å²) >= 11 is 3.39. The Bertz CT molecular complexity index is 542. The lowest BCUT2D eigenvalue weighted by Gasteiger charge is -2.06. The van der Waals surface area contributed by atoms with E-state index in [2.05, 4.69) is 20.9 Å². The van der Waals surface area contributed by atoms with Crippen LogP contribution in [0.25, 0.3) is 0 Å². The van der Waals surface area contributed by atoms with E-state index in [-0.39, 0.29) is 0 Å². The van der Waals surface area contributed by atoms with Gasteiger partial charge in [0, 0.05) is 34.9 Å². The molecular weight excluding hydrogens is 314 g/mol. The molecule has 96 valence electrons. The van der Waals surface area contributed by atoms with E-state index >= 15 is 0 Å². The number of aromatic nitrogens is 2. The van der Waals surface area contributed by atoms with E-state index in [0.29, 0.717) is 11.4 Å². The van der Waals surface area contributed by atoms with Gasteiger partial charge in [0.15, 0.2) is 0 Å². The standard InChI is InChI=1S/C12H14BrN3OS/c13-11-8-10(14)2-3-12(11)18(17)7-1-5-16-6-4-15-9-16/h2-4,6,8-9H,1,5,7,14H2. The van der Waals surface area contributed by atoms with Crippen LogP contribution in [0.1, 0.15) is 6.42 Å². The fourth-order valence-electron chi connectivity index (χ4n) is 1.61. The van der Waals surface area contributed by atoms with E-state index < -0.39 is 10.8 Å². The minimum atomic E-state index is -1.00. The first kappa shape index (κ1) is 13.3. The molecule has 0 amide bonds. The Morgan fingerprint density at radius 1 is 1.44 bits per heavy atom. The maximum Gasteiger partial charge on any atom is 0.0945 e. The SMILES string of the molecule is Nc1ccc(S(=O)CCCn2ccnc2)c(Br)c1. The van der Waals surface area contributed by atoms with Crippen LogP contribution >= 0.6 is 15.9 Å². The normalized spacial score (nSPS) is 12.5. The minimum Gasteiger partial charge on any atom is -0.399 e. The summed E-state index contributed by atoms with van der Waals surface area (Å²) in [5, 5.41) is 0. The average molecular weight is 328 g/mol. The first-order valence-electron chi connectivity index (χ1n) is 5.56. The van der Waals surface area contributed by atoms with Gasteiger partial charge in [-0.1, -0.05) is 0 Å². The van der Waals surface area contributed by atoms with Crippen LogP contribution in [0.15, 0.2) is 46.3 Å². The number of hydrogen-bond donors (Lipinski definition) is 1. The molecule has 2 rings (SSSR count). The Morgan fingerprint density at radius 2 is 2.28 bits per heavy atom. The molecule has 0 bridgehead atoms. The lowest BCUT2D eigenvalue weighted by Crippen LogP contribution is -2.04. The molecule has 0 aliphatic heterocycles.